The summed E-state index contributed by atoms with van der Waals surface area (Å²) >= 11 is 0. The molecule has 0 heterocycles. The molecule has 1 N–H and O–H groups in total. The minimum Gasteiger partial charge on any atom is -0.382 e. The largest absolute Gasteiger partial charge is 0.415 e. The van der Waals surface area contributed by atoms with Gasteiger partial charge in [-0.1, -0.05) is 6.92 Å². The van der Waals surface area contributed by atoms with E-state index >= 15 is 0 Å². The first-order valence-corrected chi connectivity index (χ1v) is 4.27. The molecule has 0 aliphatic carbocycles. The summed E-state index contributed by atoms with van der Waals surface area (Å²) < 4.78 is 35.8. The second kappa shape index (κ2) is 6.65. The fourth-order valence-electron chi connectivity index (χ4n) is 1.03. The van der Waals surface area contributed by atoms with E-state index in [1.807, 2.05) is 0 Å². The number of alkyl halides is 3. The Kier molecular flexibility index (Phi) is 7.91. The van der Waals surface area contributed by atoms with Gasteiger partial charge in [0.2, 0.25) is 0 Å². The summed E-state index contributed by atoms with van der Waals surface area (Å²) in [5, 5.41) is 8.77. The minimum absolute atomic E-state index is 0. The molecular weight excluding hydrogens is 242 g/mol. The molecule has 14 heavy (non-hydrogen) atoms. The molecule has 1 unspecified atom stereocenters. The number of hydrogen-bond donors (Lipinski definition) is 1. The molecule has 0 aromatic heterocycles. The van der Waals surface area contributed by atoms with Gasteiger partial charge >= 0.3 is 6.18 Å². The fourth-order valence-corrected chi connectivity index (χ4v) is 1.03. The molecule has 1 atom stereocenters. The number of likely N-dealkylation sites (N-methyl/N-ethyl adjacent to an activating group) is 1. The van der Waals surface area contributed by atoms with Crippen molar-refractivity contribution in [2.24, 2.45) is 0 Å². The summed E-state index contributed by atoms with van der Waals surface area (Å²) in [5.74, 6) is 0. The molecule has 0 aromatic carbocycles. The van der Waals surface area contributed by atoms with Gasteiger partial charge < -0.3 is 5.11 Å². The van der Waals surface area contributed by atoms with Crippen LogP contribution in [0, 0.1) is 0 Å². The van der Waals surface area contributed by atoms with Crippen molar-refractivity contribution in [3.05, 3.63) is 0 Å². The van der Waals surface area contributed by atoms with Crippen LogP contribution < -0.4 is 0 Å². The third-order valence-electron chi connectivity index (χ3n) is 1.92. The van der Waals surface area contributed by atoms with Crippen molar-refractivity contribution in [3.8, 4) is 0 Å². The molecule has 0 aliphatic rings. The van der Waals surface area contributed by atoms with E-state index in [9.17, 15) is 13.2 Å². The van der Waals surface area contributed by atoms with Gasteiger partial charge in [0, 0.05) is 29.4 Å². The maximum Gasteiger partial charge on any atom is 0.415 e. The Bertz CT molecular complexity index is 152. The Labute approximate surface area is 92.7 Å². The topological polar surface area (TPSA) is 23.5 Å². The molecule has 2 nitrogen and oxygen atoms in total. The quantitative estimate of drug-likeness (QED) is 0.828. The van der Waals surface area contributed by atoms with E-state index in [0.717, 1.165) is 0 Å². The number of nitrogens with zero attached hydrogens (tertiary/aromatic N) is 1. The summed E-state index contributed by atoms with van der Waals surface area (Å²) in [4.78, 5) is 1.57. The zero-order valence-corrected chi connectivity index (χ0v) is 9.47. The Balaban J connectivity index is 0. The van der Waals surface area contributed by atoms with Crippen molar-refractivity contribution in [2.75, 3.05) is 13.1 Å². The van der Waals surface area contributed by atoms with Crippen molar-refractivity contribution in [1.82, 2.24) is 4.90 Å². The van der Waals surface area contributed by atoms with Gasteiger partial charge in [-0.05, 0) is 20.4 Å². The van der Waals surface area contributed by atoms with Crippen molar-refractivity contribution in [2.45, 2.75) is 39.1 Å². The Morgan fingerprint density at radius 2 is 1.71 bits per heavy atom. The molecule has 1 radical (unpaired) electrons. The van der Waals surface area contributed by atoms with Crippen LogP contribution in [0.4, 0.5) is 13.2 Å². The summed E-state index contributed by atoms with van der Waals surface area (Å²) in [7, 11) is 0. The Hall–Kier alpha value is 0.216. The van der Waals surface area contributed by atoms with E-state index in [-0.39, 0.29) is 29.4 Å². The van der Waals surface area contributed by atoms with Crippen LogP contribution in [0.3, 0.4) is 0 Å². The third-order valence-corrected chi connectivity index (χ3v) is 1.92. The van der Waals surface area contributed by atoms with Crippen LogP contribution in [0.25, 0.3) is 0 Å². The molecule has 0 aliphatic heterocycles. The van der Waals surface area contributed by atoms with E-state index in [0.29, 0.717) is 6.54 Å². The maximum absolute atomic E-state index is 11.9. The molecule has 0 aromatic rings. The van der Waals surface area contributed by atoms with Crippen LogP contribution in [0.2, 0.25) is 0 Å². The first kappa shape index (κ1) is 16.6. The van der Waals surface area contributed by atoms with Gasteiger partial charge in [0.1, 0.15) is 0 Å². The summed E-state index contributed by atoms with van der Waals surface area (Å²) in [6, 6.07) is 0.0157. The molecule has 0 saturated carbocycles. The molecule has 89 valence electrons. The second-order valence-electron chi connectivity index (χ2n) is 3.24. The summed E-state index contributed by atoms with van der Waals surface area (Å²) in [6.07, 6.45) is -6.75. The maximum atomic E-state index is 11.9. The van der Waals surface area contributed by atoms with Crippen LogP contribution in [-0.2, 0) is 16.8 Å². The standard InChI is InChI=1S/C8H16F3NO.Co/c1-4-12(6(2)3)5-7(13)8(9,10)11;/h6-7,13H,4-5H2,1-3H3;. The van der Waals surface area contributed by atoms with Gasteiger partial charge in [-0.15, -0.1) is 0 Å². The number of rotatable bonds is 4. The predicted molar refractivity (Wildman–Crippen MR) is 44.4 cm³/mol. The summed E-state index contributed by atoms with van der Waals surface area (Å²) in [6.45, 7) is 5.52. The SMILES string of the molecule is CCN(CC(O)C(F)(F)F)C(C)C.[Co]. The van der Waals surface area contributed by atoms with E-state index < -0.39 is 12.3 Å². The van der Waals surface area contributed by atoms with Gasteiger partial charge in [-0.3, -0.25) is 4.90 Å². The van der Waals surface area contributed by atoms with Crippen LogP contribution in [0.1, 0.15) is 20.8 Å². The molecule has 6 heteroatoms. The normalized spacial score (nSPS) is 14.4. The number of aliphatic hydroxyl groups excluding tert-OH is 1. The average molecular weight is 258 g/mol. The number of aliphatic hydroxyl groups is 1. The van der Waals surface area contributed by atoms with Crippen molar-refractivity contribution >= 4 is 0 Å². The first-order chi connectivity index (χ1) is 5.79. The molecular formula is C8H16CoF3NO. The molecule has 0 amide bonds. The molecule has 0 bridgehead atoms. The van der Waals surface area contributed by atoms with Gasteiger partial charge in [0.05, 0.1) is 0 Å². The van der Waals surface area contributed by atoms with Gasteiger partial charge in [-0.2, -0.15) is 13.2 Å². The van der Waals surface area contributed by atoms with Gasteiger partial charge in [0.25, 0.3) is 0 Å². The third kappa shape index (κ3) is 5.84. The van der Waals surface area contributed by atoms with Gasteiger partial charge in [0.15, 0.2) is 6.10 Å². The fraction of sp³-hybridized carbons (Fsp3) is 1.00. The van der Waals surface area contributed by atoms with Crippen LogP contribution in [0.5, 0.6) is 0 Å². The van der Waals surface area contributed by atoms with Crippen molar-refractivity contribution < 1.29 is 35.1 Å². The second-order valence-corrected chi connectivity index (χ2v) is 3.24. The minimum atomic E-state index is -4.51. The molecule has 0 fully saturated rings. The Morgan fingerprint density at radius 3 is 1.93 bits per heavy atom. The van der Waals surface area contributed by atoms with Crippen molar-refractivity contribution in [1.29, 1.82) is 0 Å². The smallest absolute Gasteiger partial charge is 0.382 e. The van der Waals surface area contributed by atoms with Crippen LogP contribution >= 0.6 is 0 Å². The van der Waals surface area contributed by atoms with Crippen molar-refractivity contribution in [3.63, 3.8) is 0 Å². The summed E-state index contributed by atoms with van der Waals surface area (Å²) in [5.41, 5.74) is 0. The predicted octanol–water partition coefficient (Wildman–Crippen LogP) is 1.64. The zero-order chi connectivity index (χ0) is 10.6. The van der Waals surface area contributed by atoms with E-state index in [4.69, 9.17) is 5.11 Å². The first-order valence-electron chi connectivity index (χ1n) is 4.27. The zero-order valence-electron chi connectivity index (χ0n) is 8.43. The van der Waals surface area contributed by atoms with E-state index in [1.54, 1.807) is 25.7 Å². The van der Waals surface area contributed by atoms with Crippen LogP contribution in [-0.4, -0.2) is 41.4 Å². The van der Waals surface area contributed by atoms with Gasteiger partial charge in [-0.25, -0.2) is 0 Å². The molecule has 0 rings (SSSR count). The average Bonchev–Trinajstić information content (AvgIpc) is 1.96. The Morgan fingerprint density at radius 1 is 1.29 bits per heavy atom. The number of hydrogen-bond acceptors (Lipinski definition) is 2. The monoisotopic (exact) mass is 258 g/mol. The van der Waals surface area contributed by atoms with E-state index in [2.05, 4.69) is 0 Å². The van der Waals surface area contributed by atoms with Crippen LogP contribution in [0.15, 0.2) is 0 Å². The number of halogens is 3. The molecule has 0 saturated heterocycles. The van der Waals surface area contributed by atoms with E-state index in [1.165, 1.54) is 0 Å². The molecule has 0 spiro atoms.